The van der Waals surface area contributed by atoms with Crippen molar-refractivity contribution >= 4 is 23.1 Å². The Hall–Kier alpha value is -1.61. The zero-order chi connectivity index (χ0) is 12.5. The number of anilines is 2. The van der Waals surface area contributed by atoms with Gasteiger partial charge < -0.3 is 4.90 Å². The van der Waals surface area contributed by atoms with Crippen molar-refractivity contribution in [1.82, 2.24) is 9.97 Å². The molecule has 3 nitrogen and oxygen atoms in total. The van der Waals surface area contributed by atoms with Gasteiger partial charge in [-0.25, -0.2) is 9.97 Å². The summed E-state index contributed by atoms with van der Waals surface area (Å²) in [4.78, 5) is 10.6. The van der Waals surface area contributed by atoms with Crippen LogP contribution in [0, 0.1) is 5.92 Å². The molecule has 0 N–H and O–H groups in total. The van der Waals surface area contributed by atoms with Gasteiger partial charge >= 0.3 is 0 Å². The van der Waals surface area contributed by atoms with Crippen LogP contribution in [0.25, 0.3) is 0 Å². The third-order valence-electron chi connectivity index (χ3n) is 3.24. The Morgan fingerprint density at radius 2 is 2.00 bits per heavy atom. The van der Waals surface area contributed by atoms with Gasteiger partial charge in [0.1, 0.15) is 0 Å². The normalized spacial score (nSPS) is 18.6. The summed E-state index contributed by atoms with van der Waals surface area (Å²) in [5.74, 6) is 1.33. The lowest BCUT2D eigenvalue weighted by molar-refractivity contribution is 0.560. The first kappa shape index (κ1) is 11.5. The molecule has 1 aromatic heterocycles. The Bertz CT molecular complexity index is 570. The molecule has 1 aliphatic heterocycles. The first-order valence-electron chi connectivity index (χ1n) is 6.07. The number of para-hydroxylation sites is 1. The quantitative estimate of drug-likeness (QED) is 0.785. The summed E-state index contributed by atoms with van der Waals surface area (Å²) in [6.45, 7) is 3.17. The molecule has 0 saturated carbocycles. The van der Waals surface area contributed by atoms with Crippen molar-refractivity contribution in [2.45, 2.75) is 13.3 Å². The van der Waals surface area contributed by atoms with Crippen molar-refractivity contribution < 1.29 is 0 Å². The van der Waals surface area contributed by atoms with Crippen LogP contribution in [-0.2, 0) is 6.42 Å². The molecule has 0 amide bonds. The molecule has 0 spiro atoms. The molecule has 1 atom stereocenters. The number of hydrogen-bond acceptors (Lipinski definition) is 3. The van der Waals surface area contributed by atoms with E-state index in [2.05, 4.69) is 40.0 Å². The molecule has 0 radical (unpaired) electrons. The maximum Gasteiger partial charge on any atom is 0.172 e. The van der Waals surface area contributed by atoms with E-state index in [0.717, 1.165) is 18.8 Å². The molecule has 2 aromatic rings. The third kappa shape index (κ3) is 1.95. The molecule has 0 saturated heterocycles. The highest BCUT2D eigenvalue weighted by atomic mass is 35.5. The molecule has 1 aromatic carbocycles. The zero-order valence-electron chi connectivity index (χ0n) is 10.2. The lowest BCUT2D eigenvalue weighted by Gasteiger charge is -2.34. The van der Waals surface area contributed by atoms with E-state index in [-0.39, 0.29) is 0 Å². The fraction of sp³-hybridized carbons (Fsp3) is 0.286. The van der Waals surface area contributed by atoms with Crippen molar-refractivity contribution in [3.8, 4) is 0 Å². The highest BCUT2D eigenvalue weighted by Gasteiger charge is 2.24. The Balaban J connectivity index is 2.11. The van der Waals surface area contributed by atoms with E-state index in [4.69, 9.17) is 11.6 Å². The summed E-state index contributed by atoms with van der Waals surface area (Å²) < 4.78 is 0. The van der Waals surface area contributed by atoms with Crippen molar-refractivity contribution in [2.24, 2.45) is 5.92 Å². The van der Waals surface area contributed by atoms with Crippen LogP contribution in [0.5, 0.6) is 0 Å². The second-order valence-electron chi connectivity index (χ2n) is 4.72. The number of halogens is 1. The van der Waals surface area contributed by atoms with Crippen LogP contribution in [0.1, 0.15) is 12.5 Å². The average Bonchev–Trinajstić information content (AvgIpc) is 2.38. The lowest BCUT2D eigenvalue weighted by atomic mass is 9.94. The molecule has 92 valence electrons. The second-order valence-corrected chi connectivity index (χ2v) is 5.08. The second kappa shape index (κ2) is 4.58. The first-order valence-corrected chi connectivity index (χ1v) is 6.45. The highest BCUT2D eigenvalue weighted by Crippen LogP contribution is 2.36. The van der Waals surface area contributed by atoms with Crippen molar-refractivity contribution in [1.29, 1.82) is 0 Å². The van der Waals surface area contributed by atoms with Gasteiger partial charge in [0.15, 0.2) is 11.0 Å². The van der Waals surface area contributed by atoms with Gasteiger partial charge in [-0.2, -0.15) is 0 Å². The molecule has 2 heterocycles. The molecular formula is C14H14ClN3. The molecule has 3 rings (SSSR count). The summed E-state index contributed by atoms with van der Waals surface area (Å²) in [6.07, 6.45) is 4.40. The van der Waals surface area contributed by atoms with Gasteiger partial charge in [-0.3, -0.25) is 0 Å². The van der Waals surface area contributed by atoms with Crippen LogP contribution in [0.3, 0.4) is 0 Å². The number of nitrogens with zero attached hydrogens (tertiary/aromatic N) is 3. The Morgan fingerprint density at radius 3 is 2.83 bits per heavy atom. The lowest BCUT2D eigenvalue weighted by Crippen LogP contribution is -2.31. The maximum absolute atomic E-state index is 6.16. The van der Waals surface area contributed by atoms with Gasteiger partial charge in [0.05, 0.1) is 0 Å². The molecule has 1 unspecified atom stereocenters. The maximum atomic E-state index is 6.16. The topological polar surface area (TPSA) is 29.0 Å². The van der Waals surface area contributed by atoms with E-state index < -0.39 is 0 Å². The van der Waals surface area contributed by atoms with Gasteiger partial charge in [0.25, 0.3) is 0 Å². The average molecular weight is 260 g/mol. The molecule has 1 aliphatic rings. The summed E-state index contributed by atoms with van der Waals surface area (Å²) in [5, 5.41) is 0.460. The molecule has 18 heavy (non-hydrogen) atoms. The van der Waals surface area contributed by atoms with E-state index in [0.29, 0.717) is 11.1 Å². The first-order chi connectivity index (χ1) is 8.75. The number of benzene rings is 1. The molecule has 0 bridgehead atoms. The third-order valence-corrected chi connectivity index (χ3v) is 3.50. The van der Waals surface area contributed by atoms with Crippen LogP contribution in [-0.4, -0.2) is 16.5 Å². The largest absolute Gasteiger partial charge is 0.323 e. The zero-order valence-corrected chi connectivity index (χ0v) is 10.9. The van der Waals surface area contributed by atoms with Crippen LogP contribution in [0.2, 0.25) is 5.15 Å². The number of fused-ring (bicyclic) bond motifs is 1. The number of aromatic nitrogens is 2. The summed E-state index contributed by atoms with van der Waals surface area (Å²) in [7, 11) is 0. The van der Waals surface area contributed by atoms with Gasteiger partial charge in [0, 0.05) is 24.6 Å². The van der Waals surface area contributed by atoms with Crippen LogP contribution >= 0.6 is 11.6 Å². The summed E-state index contributed by atoms with van der Waals surface area (Å²) in [6, 6.07) is 8.41. The number of rotatable bonds is 1. The molecule has 0 fully saturated rings. The molecule has 0 aliphatic carbocycles. The van der Waals surface area contributed by atoms with Gasteiger partial charge in [0.2, 0.25) is 0 Å². The minimum absolute atomic E-state index is 0.460. The van der Waals surface area contributed by atoms with E-state index in [9.17, 15) is 0 Å². The predicted molar refractivity (Wildman–Crippen MR) is 73.4 cm³/mol. The molecule has 4 heteroatoms. The van der Waals surface area contributed by atoms with E-state index in [1.54, 1.807) is 12.4 Å². The van der Waals surface area contributed by atoms with Crippen molar-refractivity contribution in [3.05, 3.63) is 47.4 Å². The predicted octanol–water partition coefficient (Wildman–Crippen LogP) is 3.46. The number of hydrogen-bond donors (Lipinski definition) is 0. The van der Waals surface area contributed by atoms with Crippen LogP contribution in [0.15, 0.2) is 36.7 Å². The molecular weight excluding hydrogens is 246 g/mol. The summed E-state index contributed by atoms with van der Waals surface area (Å²) >= 11 is 6.16. The highest BCUT2D eigenvalue weighted by molar-refractivity contribution is 6.31. The van der Waals surface area contributed by atoms with Crippen LogP contribution < -0.4 is 4.90 Å². The Morgan fingerprint density at radius 1 is 1.22 bits per heavy atom. The van der Waals surface area contributed by atoms with E-state index >= 15 is 0 Å². The fourth-order valence-electron chi connectivity index (χ4n) is 2.49. The SMILES string of the molecule is CC1Cc2ccccc2N(c2nccnc2Cl)C1. The minimum Gasteiger partial charge on any atom is -0.323 e. The van der Waals surface area contributed by atoms with E-state index in [1.807, 2.05) is 6.07 Å². The van der Waals surface area contributed by atoms with E-state index in [1.165, 1.54) is 11.3 Å². The summed E-state index contributed by atoms with van der Waals surface area (Å²) in [5.41, 5.74) is 2.54. The smallest absolute Gasteiger partial charge is 0.172 e. The Kier molecular flexibility index (Phi) is 2.92. The van der Waals surface area contributed by atoms with Gasteiger partial charge in [-0.15, -0.1) is 0 Å². The van der Waals surface area contributed by atoms with Crippen molar-refractivity contribution in [2.75, 3.05) is 11.4 Å². The standard InChI is InChI=1S/C14H14ClN3/c1-10-8-11-4-2-3-5-12(11)18(9-10)14-13(15)16-6-7-17-14/h2-7,10H,8-9H2,1H3. The van der Waals surface area contributed by atoms with Crippen LogP contribution in [0.4, 0.5) is 11.5 Å². The van der Waals surface area contributed by atoms with Gasteiger partial charge in [-0.1, -0.05) is 36.7 Å². The van der Waals surface area contributed by atoms with Crippen molar-refractivity contribution in [3.63, 3.8) is 0 Å². The fourth-order valence-corrected chi connectivity index (χ4v) is 2.70. The van der Waals surface area contributed by atoms with Gasteiger partial charge in [-0.05, 0) is 24.0 Å². The Labute approximate surface area is 111 Å². The monoisotopic (exact) mass is 259 g/mol. The minimum atomic E-state index is 0.460.